The van der Waals surface area contributed by atoms with Crippen molar-refractivity contribution in [1.82, 2.24) is 4.57 Å². The maximum Gasteiger partial charge on any atom is 0.0647 e. The number of fused-ring (bicyclic) bond motifs is 1. The van der Waals surface area contributed by atoms with Gasteiger partial charge in [-0.05, 0) is 12.1 Å². The summed E-state index contributed by atoms with van der Waals surface area (Å²) < 4.78 is 2.02. The number of benzene rings is 1. The lowest BCUT2D eigenvalue weighted by Gasteiger charge is -2.03. The topological polar surface area (TPSA) is 28.8 Å². The minimum atomic E-state index is 0. The van der Waals surface area contributed by atoms with Crippen molar-refractivity contribution in [2.45, 2.75) is 0 Å². The van der Waals surface area contributed by atoms with Crippen LogP contribution < -0.4 is 5.36 Å². The van der Waals surface area contributed by atoms with Crippen LogP contribution in [0.25, 0.3) is 10.9 Å². The standard InChI is InChI=1S/C10H10N2.HI/c1-12-7-6-9(11)8-4-2-3-5-10(8)12;/h2-7,11H,1H3;1H. The smallest absolute Gasteiger partial charge is 0.0647 e. The van der Waals surface area contributed by atoms with E-state index in [9.17, 15) is 0 Å². The van der Waals surface area contributed by atoms with Crippen LogP contribution in [0.2, 0.25) is 0 Å². The Bertz CT molecular complexity index is 474. The molecule has 0 unspecified atom stereocenters. The lowest BCUT2D eigenvalue weighted by atomic mass is 10.2. The molecule has 3 heteroatoms. The molecule has 0 amide bonds. The predicted molar refractivity (Wildman–Crippen MR) is 64.2 cm³/mol. The molecule has 2 aromatic rings. The molecular formula is C10H11IN2. The fourth-order valence-corrected chi connectivity index (χ4v) is 1.37. The second-order valence-corrected chi connectivity index (χ2v) is 2.86. The van der Waals surface area contributed by atoms with Crippen molar-refractivity contribution >= 4 is 34.9 Å². The number of halogens is 1. The Hall–Kier alpha value is -0.840. The normalized spacial score (nSPS) is 9.62. The van der Waals surface area contributed by atoms with Gasteiger partial charge in [0, 0.05) is 24.1 Å². The molecule has 2 nitrogen and oxygen atoms in total. The Morgan fingerprint density at radius 3 is 2.54 bits per heavy atom. The molecule has 0 radical (unpaired) electrons. The summed E-state index contributed by atoms with van der Waals surface area (Å²) in [6, 6.07) is 9.75. The molecule has 0 fully saturated rings. The number of nitrogens with one attached hydrogen (secondary N) is 1. The molecule has 0 aliphatic heterocycles. The number of hydrogen-bond acceptors (Lipinski definition) is 1. The number of hydrogen-bond donors (Lipinski definition) is 1. The second-order valence-electron chi connectivity index (χ2n) is 2.86. The van der Waals surface area contributed by atoms with Crippen molar-refractivity contribution in [3.8, 4) is 0 Å². The van der Waals surface area contributed by atoms with Crippen LogP contribution in [0.15, 0.2) is 36.5 Å². The first-order valence-corrected chi connectivity index (χ1v) is 3.88. The van der Waals surface area contributed by atoms with Gasteiger partial charge in [-0.1, -0.05) is 18.2 Å². The third kappa shape index (κ3) is 1.75. The molecule has 1 N–H and O–H groups in total. The Balaban J connectivity index is 0.000000845. The van der Waals surface area contributed by atoms with Crippen LogP contribution in [0, 0.1) is 5.41 Å². The van der Waals surface area contributed by atoms with Crippen molar-refractivity contribution in [3.63, 3.8) is 0 Å². The molecule has 0 bridgehead atoms. The van der Waals surface area contributed by atoms with Gasteiger partial charge in [0.1, 0.15) is 0 Å². The highest BCUT2D eigenvalue weighted by Crippen LogP contribution is 2.06. The molecule has 13 heavy (non-hydrogen) atoms. The lowest BCUT2D eigenvalue weighted by Crippen LogP contribution is -2.04. The average Bonchev–Trinajstić information content (AvgIpc) is 2.12. The SMILES string of the molecule is Cn1ccc(=N)c2ccccc21.I. The van der Waals surface area contributed by atoms with Crippen molar-refractivity contribution in [2.75, 3.05) is 0 Å². The van der Waals surface area contributed by atoms with Crippen LogP contribution in [0.5, 0.6) is 0 Å². The second kappa shape index (κ2) is 3.91. The highest BCUT2D eigenvalue weighted by atomic mass is 127. The van der Waals surface area contributed by atoms with Crippen LogP contribution in [0.3, 0.4) is 0 Å². The summed E-state index contributed by atoms with van der Waals surface area (Å²) in [5.74, 6) is 0. The monoisotopic (exact) mass is 286 g/mol. The quantitative estimate of drug-likeness (QED) is 0.720. The molecule has 0 spiro atoms. The summed E-state index contributed by atoms with van der Waals surface area (Å²) in [7, 11) is 1.99. The van der Waals surface area contributed by atoms with Gasteiger partial charge in [0.15, 0.2) is 0 Å². The Kier molecular flexibility index (Phi) is 3.08. The third-order valence-corrected chi connectivity index (χ3v) is 2.04. The van der Waals surface area contributed by atoms with Crippen molar-refractivity contribution in [1.29, 1.82) is 5.41 Å². The Morgan fingerprint density at radius 1 is 1.15 bits per heavy atom. The van der Waals surface area contributed by atoms with E-state index in [-0.39, 0.29) is 24.0 Å². The van der Waals surface area contributed by atoms with Gasteiger partial charge < -0.3 is 9.98 Å². The molecule has 0 atom stereocenters. The molecule has 0 saturated heterocycles. The van der Waals surface area contributed by atoms with E-state index in [0.717, 1.165) is 10.9 Å². The zero-order valence-electron chi connectivity index (χ0n) is 7.32. The maximum absolute atomic E-state index is 7.65. The van der Waals surface area contributed by atoms with Crippen molar-refractivity contribution in [2.24, 2.45) is 7.05 Å². The van der Waals surface area contributed by atoms with Gasteiger partial charge in [-0.25, -0.2) is 0 Å². The van der Waals surface area contributed by atoms with Gasteiger partial charge in [-0.3, -0.25) is 0 Å². The highest BCUT2D eigenvalue weighted by molar-refractivity contribution is 14.0. The largest absolute Gasteiger partial charge is 0.350 e. The van der Waals surface area contributed by atoms with Gasteiger partial charge in [-0.15, -0.1) is 24.0 Å². The van der Waals surface area contributed by atoms with Gasteiger partial charge >= 0.3 is 0 Å². The maximum atomic E-state index is 7.65. The van der Waals surface area contributed by atoms with E-state index in [0.29, 0.717) is 5.36 Å². The molecule has 1 heterocycles. The molecular weight excluding hydrogens is 275 g/mol. The summed E-state index contributed by atoms with van der Waals surface area (Å²) >= 11 is 0. The number of aromatic nitrogens is 1. The van der Waals surface area contributed by atoms with Gasteiger partial charge in [-0.2, -0.15) is 0 Å². The summed E-state index contributed by atoms with van der Waals surface area (Å²) in [6.45, 7) is 0. The summed E-state index contributed by atoms with van der Waals surface area (Å²) in [5, 5.41) is 9.24. The summed E-state index contributed by atoms with van der Waals surface area (Å²) in [4.78, 5) is 0. The number of rotatable bonds is 0. The Labute approximate surface area is 93.7 Å². The molecule has 1 aromatic carbocycles. The van der Waals surface area contributed by atoms with Crippen LogP contribution >= 0.6 is 24.0 Å². The third-order valence-electron chi connectivity index (χ3n) is 2.04. The molecule has 0 aliphatic carbocycles. The summed E-state index contributed by atoms with van der Waals surface area (Å²) in [5.41, 5.74) is 1.10. The first-order chi connectivity index (χ1) is 5.79. The average molecular weight is 286 g/mol. The molecule has 1 aromatic heterocycles. The summed E-state index contributed by atoms with van der Waals surface area (Å²) in [6.07, 6.45) is 1.91. The van der Waals surface area contributed by atoms with Gasteiger partial charge in [0.05, 0.1) is 5.36 Å². The van der Waals surface area contributed by atoms with Crippen LogP contribution in [-0.2, 0) is 7.05 Å². The zero-order chi connectivity index (χ0) is 8.55. The molecule has 68 valence electrons. The predicted octanol–water partition coefficient (Wildman–Crippen LogP) is 2.28. The molecule has 2 rings (SSSR count). The van der Waals surface area contributed by atoms with E-state index in [4.69, 9.17) is 5.41 Å². The fraction of sp³-hybridized carbons (Fsp3) is 0.100. The fourth-order valence-electron chi connectivity index (χ4n) is 1.37. The first-order valence-electron chi connectivity index (χ1n) is 3.88. The Morgan fingerprint density at radius 2 is 1.85 bits per heavy atom. The number of para-hydroxylation sites is 1. The number of aryl methyl sites for hydroxylation is 1. The zero-order valence-corrected chi connectivity index (χ0v) is 9.65. The van der Waals surface area contributed by atoms with Gasteiger partial charge in [0.2, 0.25) is 0 Å². The number of pyridine rings is 1. The van der Waals surface area contributed by atoms with E-state index < -0.39 is 0 Å². The van der Waals surface area contributed by atoms with E-state index in [1.807, 2.05) is 48.1 Å². The number of nitrogens with zero attached hydrogens (tertiary/aromatic N) is 1. The van der Waals surface area contributed by atoms with Gasteiger partial charge in [0.25, 0.3) is 0 Å². The van der Waals surface area contributed by atoms with E-state index >= 15 is 0 Å². The van der Waals surface area contributed by atoms with E-state index in [2.05, 4.69) is 0 Å². The van der Waals surface area contributed by atoms with E-state index in [1.54, 1.807) is 0 Å². The molecule has 0 saturated carbocycles. The lowest BCUT2D eigenvalue weighted by molar-refractivity contribution is 0.946. The van der Waals surface area contributed by atoms with Crippen LogP contribution in [0.4, 0.5) is 0 Å². The van der Waals surface area contributed by atoms with E-state index in [1.165, 1.54) is 0 Å². The minimum absolute atomic E-state index is 0. The van der Waals surface area contributed by atoms with Crippen LogP contribution in [-0.4, -0.2) is 4.57 Å². The van der Waals surface area contributed by atoms with Crippen molar-refractivity contribution in [3.05, 3.63) is 41.9 Å². The highest BCUT2D eigenvalue weighted by Gasteiger charge is 1.94. The molecule has 0 aliphatic rings. The first kappa shape index (κ1) is 10.2. The van der Waals surface area contributed by atoms with Crippen LogP contribution in [0.1, 0.15) is 0 Å². The minimum Gasteiger partial charge on any atom is -0.350 e. The van der Waals surface area contributed by atoms with Crippen molar-refractivity contribution < 1.29 is 0 Å².